The number of aromatic nitrogens is 3. The van der Waals surface area contributed by atoms with E-state index in [4.69, 9.17) is 4.74 Å². The summed E-state index contributed by atoms with van der Waals surface area (Å²) in [6.45, 7) is 3.54. The highest BCUT2D eigenvalue weighted by Crippen LogP contribution is 2.26. The first-order chi connectivity index (χ1) is 14.4. The Morgan fingerprint density at radius 2 is 1.80 bits per heavy atom. The minimum Gasteiger partial charge on any atom is -0.465 e. The zero-order valence-electron chi connectivity index (χ0n) is 16.7. The van der Waals surface area contributed by atoms with Crippen LogP contribution >= 0.6 is 0 Å². The molecular formula is C22H20N4O4. The van der Waals surface area contributed by atoms with Gasteiger partial charge in [-0.3, -0.25) is 14.3 Å². The number of aryl methyl sites for hydroxylation is 1. The molecule has 0 radical (unpaired) electrons. The Labute approximate surface area is 171 Å². The lowest BCUT2D eigenvalue weighted by atomic mass is 10.1. The molecule has 0 saturated carbocycles. The number of esters is 1. The van der Waals surface area contributed by atoms with Crippen LogP contribution in [0.4, 0.5) is 5.69 Å². The van der Waals surface area contributed by atoms with Crippen LogP contribution in [-0.4, -0.2) is 33.2 Å². The average Bonchev–Trinajstić information content (AvgIpc) is 3.07. The second-order valence-corrected chi connectivity index (χ2v) is 6.94. The van der Waals surface area contributed by atoms with E-state index < -0.39 is 12.0 Å². The molecule has 2 heterocycles. The van der Waals surface area contributed by atoms with Crippen molar-refractivity contribution in [3.8, 4) is 0 Å². The third kappa shape index (κ3) is 3.12. The largest absolute Gasteiger partial charge is 0.465 e. The number of ether oxygens (including phenoxy) is 1. The Morgan fingerprint density at radius 1 is 1.10 bits per heavy atom. The molecule has 1 atom stereocenters. The number of nitrogens with zero attached hydrogens (tertiary/aromatic N) is 3. The SMILES string of the molecule is COC(=O)c1ccccc1NC(=O)[C@H](C)n1c2ccccc2c2nc(=O)cc(C)n21. The van der Waals surface area contributed by atoms with Crippen molar-refractivity contribution >= 4 is 34.1 Å². The van der Waals surface area contributed by atoms with Crippen molar-refractivity contribution in [1.82, 2.24) is 14.2 Å². The summed E-state index contributed by atoms with van der Waals surface area (Å²) in [6, 6.07) is 14.9. The van der Waals surface area contributed by atoms with Crippen molar-refractivity contribution in [2.75, 3.05) is 12.4 Å². The van der Waals surface area contributed by atoms with Gasteiger partial charge in [0.05, 0.1) is 23.9 Å². The van der Waals surface area contributed by atoms with E-state index in [-0.39, 0.29) is 17.0 Å². The van der Waals surface area contributed by atoms with Gasteiger partial charge >= 0.3 is 5.97 Å². The monoisotopic (exact) mass is 404 g/mol. The fourth-order valence-corrected chi connectivity index (χ4v) is 3.62. The van der Waals surface area contributed by atoms with E-state index in [9.17, 15) is 14.4 Å². The van der Waals surface area contributed by atoms with Crippen molar-refractivity contribution < 1.29 is 14.3 Å². The number of para-hydroxylation sites is 2. The van der Waals surface area contributed by atoms with Gasteiger partial charge in [0.2, 0.25) is 5.91 Å². The summed E-state index contributed by atoms with van der Waals surface area (Å²) < 4.78 is 8.36. The Hall–Kier alpha value is -3.94. The lowest BCUT2D eigenvalue weighted by molar-refractivity contribution is -0.119. The molecule has 4 aromatic rings. The number of fused-ring (bicyclic) bond motifs is 3. The molecule has 2 aromatic heterocycles. The molecule has 0 unspecified atom stereocenters. The van der Waals surface area contributed by atoms with Gasteiger partial charge in [-0.15, -0.1) is 0 Å². The topological polar surface area (TPSA) is 94.7 Å². The highest BCUT2D eigenvalue weighted by atomic mass is 16.5. The van der Waals surface area contributed by atoms with Gasteiger partial charge in [0.25, 0.3) is 5.56 Å². The van der Waals surface area contributed by atoms with Crippen LogP contribution in [0.5, 0.6) is 0 Å². The summed E-state index contributed by atoms with van der Waals surface area (Å²) in [7, 11) is 1.29. The maximum absolute atomic E-state index is 13.2. The number of anilines is 1. The van der Waals surface area contributed by atoms with Crippen LogP contribution in [0.25, 0.3) is 16.6 Å². The van der Waals surface area contributed by atoms with Gasteiger partial charge in [0, 0.05) is 17.1 Å². The van der Waals surface area contributed by atoms with E-state index >= 15 is 0 Å². The van der Waals surface area contributed by atoms with Gasteiger partial charge in [0.1, 0.15) is 6.04 Å². The molecule has 0 aliphatic carbocycles. The van der Waals surface area contributed by atoms with E-state index in [1.165, 1.54) is 13.2 Å². The zero-order chi connectivity index (χ0) is 21.4. The molecule has 30 heavy (non-hydrogen) atoms. The predicted molar refractivity (Wildman–Crippen MR) is 113 cm³/mol. The summed E-state index contributed by atoms with van der Waals surface area (Å²) in [5.74, 6) is -0.861. The van der Waals surface area contributed by atoms with E-state index in [0.29, 0.717) is 17.0 Å². The first kappa shape index (κ1) is 19.4. The van der Waals surface area contributed by atoms with Crippen molar-refractivity contribution in [1.29, 1.82) is 0 Å². The Balaban J connectivity index is 1.82. The van der Waals surface area contributed by atoms with Gasteiger partial charge in [-0.05, 0) is 38.1 Å². The number of carbonyl (C=O) groups excluding carboxylic acids is 2. The molecule has 8 heteroatoms. The zero-order valence-corrected chi connectivity index (χ0v) is 16.7. The minimum absolute atomic E-state index is 0.268. The van der Waals surface area contributed by atoms with Crippen LogP contribution < -0.4 is 10.9 Å². The fourth-order valence-electron chi connectivity index (χ4n) is 3.62. The van der Waals surface area contributed by atoms with Gasteiger partial charge in [0.15, 0.2) is 5.65 Å². The van der Waals surface area contributed by atoms with Crippen LogP contribution in [0, 0.1) is 6.92 Å². The quantitative estimate of drug-likeness (QED) is 0.528. The molecule has 1 amide bonds. The number of hydrogen-bond acceptors (Lipinski definition) is 5. The highest BCUT2D eigenvalue weighted by molar-refractivity contribution is 6.03. The van der Waals surface area contributed by atoms with Gasteiger partial charge in [-0.1, -0.05) is 24.3 Å². The lowest BCUT2D eigenvalue weighted by Gasteiger charge is -2.19. The van der Waals surface area contributed by atoms with Crippen molar-refractivity contribution in [3.05, 3.63) is 76.2 Å². The van der Waals surface area contributed by atoms with Gasteiger partial charge in [-0.2, -0.15) is 4.98 Å². The number of amides is 1. The summed E-state index contributed by atoms with van der Waals surface area (Å²) in [5.41, 5.74) is 2.22. The second-order valence-electron chi connectivity index (χ2n) is 6.94. The molecule has 4 rings (SSSR count). The van der Waals surface area contributed by atoms with Crippen molar-refractivity contribution in [2.45, 2.75) is 19.9 Å². The van der Waals surface area contributed by atoms with Crippen LogP contribution in [0.3, 0.4) is 0 Å². The standard InChI is InChI=1S/C22H20N4O4/c1-13-12-19(27)24-20-16-9-5-7-11-18(16)26(25(13)20)14(2)21(28)23-17-10-6-4-8-15(17)22(29)30-3/h4-12,14H,1-3H3,(H,23,28)/t14-/m0/s1. The van der Waals surface area contributed by atoms with Crippen LogP contribution in [-0.2, 0) is 9.53 Å². The van der Waals surface area contributed by atoms with Crippen LogP contribution in [0.2, 0.25) is 0 Å². The number of hydrogen-bond donors (Lipinski definition) is 1. The molecule has 1 N–H and O–H groups in total. The van der Waals surface area contributed by atoms with E-state index in [1.807, 2.05) is 24.3 Å². The normalized spacial score (nSPS) is 12.1. The summed E-state index contributed by atoms with van der Waals surface area (Å²) in [5, 5.41) is 3.59. The Morgan fingerprint density at radius 3 is 2.57 bits per heavy atom. The number of carbonyl (C=O) groups is 2. The minimum atomic E-state index is -0.666. The average molecular weight is 404 g/mol. The molecule has 0 bridgehead atoms. The van der Waals surface area contributed by atoms with Crippen molar-refractivity contribution in [3.63, 3.8) is 0 Å². The third-order valence-corrected chi connectivity index (χ3v) is 5.03. The van der Waals surface area contributed by atoms with E-state index in [2.05, 4.69) is 10.3 Å². The molecule has 2 aromatic carbocycles. The summed E-state index contributed by atoms with van der Waals surface area (Å²) in [4.78, 5) is 41.3. The smallest absolute Gasteiger partial charge is 0.339 e. The van der Waals surface area contributed by atoms with Gasteiger partial charge in [-0.25, -0.2) is 9.31 Å². The Bertz CT molecular complexity index is 1350. The van der Waals surface area contributed by atoms with Crippen molar-refractivity contribution in [2.24, 2.45) is 0 Å². The lowest BCUT2D eigenvalue weighted by Crippen LogP contribution is -2.28. The van der Waals surface area contributed by atoms with Crippen LogP contribution in [0.1, 0.15) is 29.0 Å². The molecule has 0 aliphatic heterocycles. The van der Waals surface area contributed by atoms with E-state index in [0.717, 1.165) is 10.9 Å². The molecule has 0 spiro atoms. The van der Waals surface area contributed by atoms with Gasteiger partial charge < -0.3 is 10.1 Å². The molecule has 0 fully saturated rings. The third-order valence-electron chi connectivity index (χ3n) is 5.03. The number of nitrogens with one attached hydrogen (secondary N) is 1. The predicted octanol–water partition coefficient (Wildman–Crippen LogP) is 2.94. The molecule has 0 saturated heterocycles. The number of benzene rings is 2. The number of methoxy groups -OCH3 is 1. The number of rotatable bonds is 4. The second kappa shape index (κ2) is 7.47. The van der Waals surface area contributed by atoms with Crippen LogP contribution in [0.15, 0.2) is 59.4 Å². The highest BCUT2D eigenvalue weighted by Gasteiger charge is 2.23. The van der Waals surface area contributed by atoms with E-state index in [1.54, 1.807) is 47.3 Å². The first-order valence-corrected chi connectivity index (χ1v) is 9.40. The first-order valence-electron chi connectivity index (χ1n) is 9.40. The molecular weight excluding hydrogens is 384 g/mol. The summed E-state index contributed by atoms with van der Waals surface area (Å²) >= 11 is 0. The summed E-state index contributed by atoms with van der Waals surface area (Å²) in [6.07, 6.45) is 0. The molecule has 0 aliphatic rings. The maximum atomic E-state index is 13.2. The fraction of sp³-hybridized carbons (Fsp3) is 0.182. The maximum Gasteiger partial charge on any atom is 0.339 e. The molecule has 8 nitrogen and oxygen atoms in total. The molecule has 152 valence electrons. The Kier molecular flexibility index (Phi) is 4.83.